The van der Waals surface area contributed by atoms with Crippen molar-refractivity contribution in [3.05, 3.63) is 63.6 Å². The zero-order chi connectivity index (χ0) is 13.7. The lowest BCUT2D eigenvalue weighted by Crippen LogP contribution is -1.99. The molecule has 0 saturated heterocycles. The Labute approximate surface area is 121 Å². The molecule has 2 aromatic rings. The van der Waals surface area contributed by atoms with Crippen LogP contribution < -0.4 is 4.74 Å². The third-order valence-corrected chi connectivity index (χ3v) is 3.10. The fraction of sp³-hybridized carbons (Fsp3) is 0.0714. The minimum Gasteiger partial charge on any atom is -0.488 e. The minimum atomic E-state index is 0.312. The van der Waals surface area contributed by atoms with Gasteiger partial charge in [-0.15, -0.1) is 0 Å². The number of hydrogen-bond donors (Lipinski definition) is 1. The fourth-order valence-corrected chi connectivity index (χ4v) is 2.04. The molecule has 0 aliphatic carbocycles. The highest BCUT2D eigenvalue weighted by atomic mass is 35.5. The van der Waals surface area contributed by atoms with Gasteiger partial charge in [-0.25, -0.2) is 0 Å². The van der Waals surface area contributed by atoms with Crippen molar-refractivity contribution >= 4 is 29.4 Å². The minimum absolute atomic E-state index is 0.312. The molecule has 0 aromatic heterocycles. The molecule has 0 amide bonds. The van der Waals surface area contributed by atoms with Crippen molar-refractivity contribution in [2.24, 2.45) is 5.16 Å². The first kappa shape index (κ1) is 13.7. The van der Waals surface area contributed by atoms with Gasteiger partial charge in [-0.05, 0) is 24.3 Å². The summed E-state index contributed by atoms with van der Waals surface area (Å²) in [4.78, 5) is 0. The summed E-state index contributed by atoms with van der Waals surface area (Å²) in [6, 6.07) is 12.5. The number of para-hydroxylation sites is 1. The Bertz CT molecular complexity index is 600. The first-order valence-corrected chi connectivity index (χ1v) is 6.29. The molecule has 5 heteroatoms. The number of rotatable bonds is 4. The number of halogens is 2. The first-order chi connectivity index (χ1) is 9.20. The van der Waals surface area contributed by atoms with E-state index in [0.29, 0.717) is 28.0 Å². The van der Waals surface area contributed by atoms with Gasteiger partial charge in [0.1, 0.15) is 12.4 Å². The molecule has 19 heavy (non-hydrogen) atoms. The van der Waals surface area contributed by atoms with E-state index in [0.717, 1.165) is 5.56 Å². The summed E-state index contributed by atoms with van der Waals surface area (Å²) >= 11 is 11.9. The van der Waals surface area contributed by atoms with Gasteiger partial charge in [0.15, 0.2) is 0 Å². The van der Waals surface area contributed by atoms with Crippen LogP contribution in [0.5, 0.6) is 5.75 Å². The van der Waals surface area contributed by atoms with Crippen molar-refractivity contribution in [1.29, 1.82) is 0 Å². The molecular weight excluding hydrogens is 285 g/mol. The van der Waals surface area contributed by atoms with E-state index in [1.165, 1.54) is 6.21 Å². The summed E-state index contributed by atoms with van der Waals surface area (Å²) in [6.07, 6.45) is 1.32. The second-order valence-electron chi connectivity index (χ2n) is 3.81. The maximum Gasteiger partial charge on any atom is 0.128 e. The summed E-state index contributed by atoms with van der Waals surface area (Å²) in [6.45, 7) is 0.312. The van der Waals surface area contributed by atoms with Crippen molar-refractivity contribution in [3.63, 3.8) is 0 Å². The Morgan fingerprint density at radius 2 is 1.95 bits per heavy atom. The lowest BCUT2D eigenvalue weighted by Gasteiger charge is -2.10. The quantitative estimate of drug-likeness (QED) is 0.517. The standard InChI is InChI=1S/C14H11Cl2NO2/c15-12-6-5-11(13(16)7-12)9-19-14-4-2-1-3-10(14)8-17-18/h1-8,18H,9H2. The molecule has 2 aromatic carbocycles. The van der Waals surface area contributed by atoms with Gasteiger partial charge in [0.05, 0.1) is 6.21 Å². The number of oxime groups is 1. The largest absolute Gasteiger partial charge is 0.488 e. The van der Waals surface area contributed by atoms with E-state index in [9.17, 15) is 0 Å². The number of benzene rings is 2. The maximum absolute atomic E-state index is 8.58. The Hall–Kier alpha value is -1.71. The normalized spacial score (nSPS) is 10.8. The molecule has 0 saturated carbocycles. The Morgan fingerprint density at radius 3 is 2.68 bits per heavy atom. The monoisotopic (exact) mass is 295 g/mol. The lowest BCUT2D eigenvalue weighted by atomic mass is 10.2. The van der Waals surface area contributed by atoms with Crippen LogP contribution in [0.4, 0.5) is 0 Å². The highest BCUT2D eigenvalue weighted by molar-refractivity contribution is 6.35. The van der Waals surface area contributed by atoms with Gasteiger partial charge in [0, 0.05) is 21.2 Å². The Morgan fingerprint density at radius 1 is 1.16 bits per heavy atom. The summed E-state index contributed by atoms with van der Waals surface area (Å²) in [5.41, 5.74) is 1.52. The van der Waals surface area contributed by atoms with E-state index < -0.39 is 0 Å². The summed E-state index contributed by atoms with van der Waals surface area (Å²) < 4.78 is 5.67. The third-order valence-electron chi connectivity index (χ3n) is 2.51. The van der Waals surface area contributed by atoms with E-state index in [4.69, 9.17) is 33.1 Å². The smallest absolute Gasteiger partial charge is 0.128 e. The van der Waals surface area contributed by atoms with Crippen LogP contribution in [0.2, 0.25) is 10.0 Å². The van der Waals surface area contributed by atoms with Gasteiger partial charge in [-0.2, -0.15) is 0 Å². The van der Waals surface area contributed by atoms with Crippen LogP contribution in [0.15, 0.2) is 47.6 Å². The SMILES string of the molecule is ON=Cc1ccccc1OCc1ccc(Cl)cc1Cl. The maximum atomic E-state index is 8.58. The summed E-state index contributed by atoms with van der Waals surface area (Å²) in [7, 11) is 0. The second-order valence-corrected chi connectivity index (χ2v) is 4.65. The van der Waals surface area contributed by atoms with Gasteiger partial charge in [0.25, 0.3) is 0 Å². The van der Waals surface area contributed by atoms with Crippen LogP contribution in [0.1, 0.15) is 11.1 Å². The topological polar surface area (TPSA) is 41.8 Å². The van der Waals surface area contributed by atoms with Crippen molar-refractivity contribution in [1.82, 2.24) is 0 Å². The van der Waals surface area contributed by atoms with Crippen LogP contribution in [-0.2, 0) is 6.61 Å². The number of ether oxygens (including phenoxy) is 1. The molecule has 0 aliphatic rings. The number of nitrogens with zero attached hydrogens (tertiary/aromatic N) is 1. The van der Waals surface area contributed by atoms with Gasteiger partial charge in [0.2, 0.25) is 0 Å². The van der Waals surface area contributed by atoms with Crippen molar-refractivity contribution < 1.29 is 9.94 Å². The molecule has 2 rings (SSSR count). The lowest BCUT2D eigenvalue weighted by molar-refractivity contribution is 0.304. The van der Waals surface area contributed by atoms with Crippen LogP contribution >= 0.6 is 23.2 Å². The van der Waals surface area contributed by atoms with Crippen molar-refractivity contribution in [2.75, 3.05) is 0 Å². The molecule has 3 nitrogen and oxygen atoms in total. The van der Waals surface area contributed by atoms with Gasteiger partial charge in [-0.3, -0.25) is 0 Å². The van der Waals surface area contributed by atoms with E-state index in [-0.39, 0.29) is 0 Å². The molecule has 0 spiro atoms. The second kappa shape index (κ2) is 6.45. The predicted octanol–water partition coefficient (Wildman–Crippen LogP) is 4.38. The third kappa shape index (κ3) is 3.63. The van der Waals surface area contributed by atoms with E-state index in [2.05, 4.69) is 5.16 Å². The Balaban J connectivity index is 2.14. The zero-order valence-electron chi connectivity index (χ0n) is 9.88. The molecule has 98 valence electrons. The fourth-order valence-electron chi connectivity index (χ4n) is 1.58. The highest BCUT2D eigenvalue weighted by Crippen LogP contribution is 2.23. The molecule has 0 bridgehead atoms. The molecule has 1 N–H and O–H groups in total. The van der Waals surface area contributed by atoms with Crippen LogP contribution in [-0.4, -0.2) is 11.4 Å². The first-order valence-electron chi connectivity index (χ1n) is 5.54. The van der Waals surface area contributed by atoms with E-state index >= 15 is 0 Å². The molecule has 0 fully saturated rings. The van der Waals surface area contributed by atoms with Gasteiger partial charge < -0.3 is 9.94 Å². The molecular formula is C14H11Cl2NO2. The summed E-state index contributed by atoms with van der Waals surface area (Å²) in [5, 5.41) is 12.7. The van der Waals surface area contributed by atoms with Crippen LogP contribution in [0.3, 0.4) is 0 Å². The Kier molecular flexibility index (Phi) is 4.66. The predicted molar refractivity (Wildman–Crippen MR) is 76.6 cm³/mol. The molecule has 0 aliphatic heterocycles. The van der Waals surface area contributed by atoms with Crippen molar-refractivity contribution in [3.8, 4) is 5.75 Å². The molecule has 0 unspecified atom stereocenters. The molecule has 0 heterocycles. The van der Waals surface area contributed by atoms with Crippen LogP contribution in [0.25, 0.3) is 0 Å². The van der Waals surface area contributed by atoms with E-state index in [1.54, 1.807) is 24.3 Å². The average molecular weight is 296 g/mol. The summed E-state index contributed by atoms with van der Waals surface area (Å²) in [5.74, 6) is 0.617. The molecule has 0 atom stereocenters. The highest BCUT2D eigenvalue weighted by Gasteiger charge is 2.05. The van der Waals surface area contributed by atoms with Crippen LogP contribution in [0, 0.1) is 0 Å². The van der Waals surface area contributed by atoms with Gasteiger partial charge in [-0.1, -0.05) is 46.6 Å². The number of hydrogen-bond acceptors (Lipinski definition) is 3. The zero-order valence-corrected chi connectivity index (χ0v) is 11.4. The van der Waals surface area contributed by atoms with E-state index in [1.807, 2.05) is 18.2 Å². The molecule has 0 radical (unpaired) electrons. The van der Waals surface area contributed by atoms with Crippen molar-refractivity contribution in [2.45, 2.75) is 6.61 Å². The van der Waals surface area contributed by atoms with Gasteiger partial charge >= 0.3 is 0 Å². The average Bonchev–Trinajstić information content (AvgIpc) is 2.40.